The zero-order valence-electron chi connectivity index (χ0n) is 9.20. The molecule has 1 aromatic rings. The summed E-state index contributed by atoms with van der Waals surface area (Å²) >= 11 is 0. The second-order valence-electron chi connectivity index (χ2n) is 4.15. The molecule has 0 amide bonds. The highest BCUT2D eigenvalue weighted by Gasteiger charge is 2.12. The van der Waals surface area contributed by atoms with Gasteiger partial charge in [0.25, 0.3) is 0 Å². The number of ether oxygens (including phenoxy) is 1. The van der Waals surface area contributed by atoms with Crippen molar-refractivity contribution in [3.8, 4) is 0 Å². The summed E-state index contributed by atoms with van der Waals surface area (Å²) in [6.07, 6.45) is 6.51. The van der Waals surface area contributed by atoms with Crippen LogP contribution in [0, 0.1) is 6.92 Å². The van der Waals surface area contributed by atoms with E-state index in [1.807, 2.05) is 12.4 Å². The Bertz CT molecular complexity index is 308. The molecule has 1 unspecified atom stereocenters. The Kier molecular flexibility index (Phi) is 3.69. The molecule has 2 rings (SSSR count). The summed E-state index contributed by atoms with van der Waals surface area (Å²) < 4.78 is 5.82. The van der Waals surface area contributed by atoms with Gasteiger partial charge in [-0.15, -0.1) is 0 Å². The lowest BCUT2D eigenvalue weighted by Crippen LogP contribution is -2.35. The van der Waals surface area contributed by atoms with Gasteiger partial charge in [-0.05, 0) is 37.4 Å². The molecular formula is C12H18N2O. The molecule has 0 aromatic carbocycles. The third-order valence-corrected chi connectivity index (χ3v) is 2.67. The fourth-order valence-corrected chi connectivity index (χ4v) is 1.87. The third-order valence-electron chi connectivity index (χ3n) is 2.67. The maximum Gasteiger partial charge on any atom is 0.0736 e. The maximum atomic E-state index is 5.82. The lowest BCUT2D eigenvalue weighted by molar-refractivity contribution is 0.0251. The van der Waals surface area contributed by atoms with Crippen LogP contribution in [0.3, 0.4) is 0 Å². The average molecular weight is 206 g/mol. The van der Waals surface area contributed by atoms with Crippen molar-refractivity contribution in [2.24, 2.45) is 0 Å². The highest BCUT2D eigenvalue weighted by molar-refractivity contribution is 5.15. The Labute approximate surface area is 90.9 Å². The maximum absolute atomic E-state index is 5.82. The Morgan fingerprint density at radius 1 is 1.53 bits per heavy atom. The van der Waals surface area contributed by atoms with E-state index in [2.05, 4.69) is 23.3 Å². The van der Waals surface area contributed by atoms with Crippen LogP contribution >= 0.6 is 0 Å². The Morgan fingerprint density at radius 2 is 2.47 bits per heavy atom. The van der Waals surface area contributed by atoms with E-state index in [9.17, 15) is 0 Å². The van der Waals surface area contributed by atoms with Gasteiger partial charge in [0.1, 0.15) is 0 Å². The quantitative estimate of drug-likeness (QED) is 0.816. The summed E-state index contributed by atoms with van der Waals surface area (Å²) in [4.78, 5) is 4.15. The molecule has 82 valence electrons. The van der Waals surface area contributed by atoms with Gasteiger partial charge < -0.3 is 10.1 Å². The zero-order chi connectivity index (χ0) is 10.5. The van der Waals surface area contributed by atoms with Crippen LogP contribution in [0.2, 0.25) is 0 Å². The van der Waals surface area contributed by atoms with Crippen molar-refractivity contribution < 1.29 is 4.74 Å². The second-order valence-corrected chi connectivity index (χ2v) is 4.15. The molecule has 1 saturated heterocycles. The topological polar surface area (TPSA) is 34.1 Å². The van der Waals surface area contributed by atoms with E-state index in [1.54, 1.807) is 0 Å². The van der Waals surface area contributed by atoms with Crippen LogP contribution in [0.4, 0.5) is 0 Å². The summed E-state index contributed by atoms with van der Waals surface area (Å²) in [5.74, 6) is 0. The molecule has 15 heavy (non-hydrogen) atoms. The van der Waals surface area contributed by atoms with E-state index >= 15 is 0 Å². The second kappa shape index (κ2) is 5.24. The first kappa shape index (κ1) is 10.6. The fraction of sp³-hybridized carbons (Fsp3) is 0.583. The number of hydrogen-bond acceptors (Lipinski definition) is 3. The molecule has 0 saturated carbocycles. The average Bonchev–Trinajstić information content (AvgIpc) is 2.28. The van der Waals surface area contributed by atoms with Crippen LogP contribution in [-0.4, -0.2) is 24.2 Å². The van der Waals surface area contributed by atoms with Crippen LogP contribution < -0.4 is 5.32 Å². The van der Waals surface area contributed by atoms with E-state index in [4.69, 9.17) is 4.74 Å². The van der Waals surface area contributed by atoms with Gasteiger partial charge in [0, 0.05) is 18.9 Å². The Hall–Kier alpha value is -0.930. The SMILES string of the molecule is Cc1cncc(COC2CCCNC2)c1. The highest BCUT2D eigenvalue weighted by Crippen LogP contribution is 2.10. The summed E-state index contributed by atoms with van der Waals surface area (Å²) in [5.41, 5.74) is 2.36. The van der Waals surface area contributed by atoms with Gasteiger partial charge in [0.05, 0.1) is 12.7 Å². The summed E-state index contributed by atoms with van der Waals surface area (Å²) in [7, 11) is 0. The van der Waals surface area contributed by atoms with Crippen LogP contribution in [0.5, 0.6) is 0 Å². The van der Waals surface area contributed by atoms with Crippen molar-refractivity contribution in [1.82, 2.24) is 10.3 Å². The highest BCUT2D eigenvalue weighted by atomic mass is 16.5. The van der Waals surface area contributed by atoms with Crippen LogP contribution in [-0.2, 0) is 11.3 Å². The Balaban J connectivity index is 1.81. The van der Waals surface area contributed by atoms with E-state index in [0.717, 1.165) is 13.1 Å². The van der Waals surface area contributed by atoms with Crippen molar-refractivity contribution in [1.29, 1.82) is 0 Å². The largest absolute Gasteiger partial charge is 0.372 e. The molecule has 2 heterocycles. The molecule has 1 aliphatic heterocycles. The van der Waals surface area contributed by atoms with E-state index in [0.29, 0.717) is 12.7 Å². The van der Waals surface area contributed by atoms with Crippen LogP contribution in [0.15, 0.2) is 18.5 Å². The lowest BCUT2D eigenvalue weighted by Gasteiger charge is -2.23. The minimum atomic E-state index is 0.374. The molecule has 0 radical (unpaired) electrons. The number of aromatic nitrogens is 1. The van der Waals surface area contributed by atoms with Gasteiger partial charge in [0.2, 0.25) is 0 Å². The van der Waals surface area contributed by atoms with Gasteiger partial charge in [-0.2, -0.15) is 0 Å². The monoisotopic (exact) mass is 206 g/mol. The van der Waals surface area contributed by atoms with Crippen molar-refractivity contribution in [3.05, 3.63) is 29.6 Å². The minimum absolute atomic E-state index is 0.374. The van der Waals surface area contributed by atoms with Gasteiger partial charge in [-0.1, -0.05) is 6.07 Å². The van der Waals surface area contributed by atoms with Crippen molar-refractivity contribution in [3.63, 3.8) is 0 Å². The zero-order valence-corrected chi connectivity index (χ0v) is 9.20. The van der Waals surface area contributed by atoms with Crippen molar-refractivity contribution in [2.45, 2.75) is 32.5 Å². The van der Waals surface area contributed by atoms with Gasteiger partial charge in [0.15, 0.2) is 0 Å². The number of hydrogen-bond donors (Lipinski definition) is 1. The fourth-order valence-electron chi connectivity index (χ4n) is 1.87. The molecule has 3 heteroatoms. The smallest absolute Gasteiger partial charge is 0.0736 e. The molecule has 0 bridgehead atoms. The number of aryl methyl sites for hydroxylation is 1. The molecule has 0 spiro atoms. The first-order valence-electron chi connectivity index (χ1n) is 5.57. The van der Waals surface area contributed by atoms with Gasteiger partial charge in [-0.25, -0.2) is 0 Å². The van der Waals surface area contributed by atoms with Crippen molar-refractivity contribution >= 4 is 0 Å². The van der Waals surface area contributed by atoms with E-state index in [1.165, 1.54) is 24.0 Å². The number of nitrogens with zero attached hydrogens (tertiary/aromatic N) is 1. The van der Waals surface area contributed by atoms with Crippen LogP contribution in [0.25, 0.3) is 0 Å². The number of nitrogens with one attached hydrogen (secondary N) is 1. The summed E-state index contributed by atoms with van der Waals surface area (Å²) in [6, 6.07) is 2.13. The molecular weight excluding hydrogens is 188 g/mol. The molecule has 1 aromatic heterocycles. The first-order valence-corrected chi connectivity index (χ1v) is 5.57. The predicted molar refractivity (Wildman–Crippen MR) is 59.7 cm³/mol. The van der Waals surface area contributed by atoms with Gasteiger partial charge >= 0.3 is 0 Å². The first-order chi connectivity index (χ1) is 7.34. The van der Waals surface area contributed by atoms with Crippen LogP contribution in [0.1, 0.15) is 24.0 Å². The molecule has 1 fully saturated rings. The van der Waals surface area contributed by atoms with Gasteiger partial charge in [-0.3, -0.25) is 4.98 Å². The Morgan fingerprint density at radius 3 is 3.20 bits per heavy atom. The predicted octanol–water partition coefficient (Wildman–Crippen LogP) is 1.66. The molecule has 1 atom stereocenters. The number of piperidine rings is 1. The lowest BCUT2D eigenvalue weighted by atomic mass is 10.1. The third kappa shape index (κ3) is 3.29. The molecule has 3 nitrogen and oxygen atoms in total. The van der Waals surface area contributed by atoms with Crippen molar-refractivity contribution in [2.75, 3.05) is 13.1 Å². The van der Waals surface area contributed by atoms with E-state index < -0.39 is 0 Å². The number of pyridine rings is 1. The molecule has 1 N–H and O–H groups in total. The molecule has 1 aliphatic rings. The summed E-state index contributed by atoms with van der Waals surface area (Å²) in [6.45, 7) is 4.85. The standard InChI is InChI=1S/C12H18N2O/c1-10-5-11(7-14-6-10)9-15-12-3-2-4-13-8-12/h5-7,12-13H,2-4,8-9H2,1H3. The summed E-state index contributed by atoms with van der Waals surface area (Å²) in [5, 5.41) is 3.34. The molecule has 0 aliphatic carbocycles. The number of rotatable bonds is 3. The normalized spacial score (nSPS) is 21.5. The van der Waals surface area contributed by atoms with E-state index in [-0.39, 0.29) is 0 Å². The minimum Gasteiger partial charge on any atom is -0.372 e.